The number of carboxylic acids is 1. The van der Waals surface area contributed by atoms with Crippen LogP contribution in [0.5, 0.6) is 0 Å². The summed E-state index contributed by atoms with van der Waals surface area (Å²) < 4.78 is 27.5. The van der Waals surface area contributed by atoms with E-state index in [-0.39, 0.29) is 12.2 Å². The average molecular weight is 305 g/mol. The van der Waals surface area contributed by atoms with Gasteiger partial charge in [-0.1, -0.05) is 37.3 Å². The number of hydrogen-bond donors (Lipinski definition) is 1. The van der Waals surface area contributed by atoms with Gasteiger partial charge in [0, 0.05) is 19.2 Å². The number of hydrogen-bond acceptors (Lipinski definition) is 2. The molecule has 1 N–H and O–H groups in total. The van der Waals surface area contributed by atoms with Gasteiger partial charge < -0.3 is 10.0 Å². The molecule has 22 heavy (non-hydrogen) atoms. The number of carbonyl (C=O) groups is 1. The molecule has 2 aromatic rings. The lowest BCUT2D eigenvalue weighted by molar-refractivity contribution is -0.140. The largest absolute Gasteiger partial charge is 0.481 e. The van der Waals surface area contributed by atoms with Crippen LogP contribution >= 0.6 is 0 Å². The molecule has 0 spiro atoms. The number of nitrogens with zero attached hydrogens (tertiary/aromatic N) is 1. The zero-order chi connectivity index (χ0) is 16.1. The fourth-order valence-electron chi connectivity index (χ4n) is 2.19. The molecule has 0 fully saturated rings. The maximum Gasteiger partial charge on any atom is 0.308 e. The number of carboxylic acid groups (broad SMARTS) is 1. The molecule has 2 aromatic carbocycles. The van der Waals surface area contributed by atoms with Crippen LogP contribution in [-0.4, -0.2) is 17.6 Å². The van der Waals surface area contributed by atoms with Crippen LogP contribution in [0.15, 0.2) is 48.5 Å². The Morgan fingerprint density at radius 2 is 1.86 bits per heavy atom. The summed E-state index contributed by atoms with van der Waals surface area (Å²) in [6.45, 7) is 1.93. The van der Waals surface area contributed by atoms with Gasteiger partial charge in [0.2, 0.25) is 0 Å². The summed E-state index contributed by atoms with van der Waals surface area (Å²) in [5.41, 5.74) is 0.959. The second kappa shape index (κ2) is 7.02. The first-order chi connectivity index (χ1) is 10.5. The third-order valence-corrected chi connectivity index (χ3v) is 3.38. The van der Waals surface area contributed by atoms with E-state index in [0.29, 0.717) is 6.54 Å². The maximum atomic E-state index is 14.0. The van der Waals surface area contributed by atoms with Gasteiger partial charge in [0.05, 0.1) is 11.6 Å². The predicted molar refractivity (Wildman–Crippen MR) is 80.6 cm³/mol. The van der Waals surface area contributed by atoms with Gasteiger partial charge in [0.15, 0.2) is 0 Å². The topological polar surface area (TPSA) is 40.5 Å². The normalized spacial score (nSPS) is 12.0. The lowest BCUT2D eigenvalue weighted by Gasteiger charge is -2.27. The number of aliphatic carboxylic acids is 1. The maximum absolute atomic E-state index is 14.0. The zero-order valence-electron chi connectivity index (χ0n) is 12.2. The van der Waals surface area contributed by atoms with Crippen molar-refractivity contribution in [1.29, 1.82) is 0 Å². The molecule has 116 valence electrons. The van der Waals surface area contributed by atoms with Crippen molar-refractivity contribution in [3.05, 3.63) is 65.7 Å². The molecule has 0 saturated heterocycles. The second-order valence-corrected chi connectivity index (χ2v) is 5.20. The highest BCUT2D eigenvalue weighted by molar-refractivity contribution is 5.70. The third kappa shape index (κ3) is 4.04. The van der Waals surface area contributed by atoms with Gasteiger partial charge in [-0.15, -0.1) is 0 Å². The van der Waals surface area contributed by atoms with Crippen molar-refractivity contribution in [2.45, 2.75) is 13.5 Å². The van der Waals surface area contributed by atoms with Crippen LogP contribution in [0.4, 0.5) is 14.5 Å². The summed E-state index contributed by atoms with van der Waals surface area (Å²) in [4.78, 5) is 12.6. The van der Waals surface area contributed by atoms with Gasteiger partial charge in [-0.2, -0.15) is 0 Å². The molecule has 0 amide bonds. The second-order valence-electron chi connectivity index (χ2n) is 5.20. The summed E-state index contributed by atoms with van der Waals surface area (Å²) in [7, 11) is 0. The molecule has 0 aliphatic carbocycles. The smallest absolute Gasteiger partial charge is 0.308 e. The van der Waals surface area contributed by atoms with Crippen LogP contribution in [0.25, 0.3) is 0 Å². The van der Waals surface area contributed by atoms with Gasteiger partial charge in [-0.25, -0.2) is 8.78 Å². The van der Waals surface area contributed by atoms with Crippen molar-refractivity contribution < 1.29 is 18.7 Å². The number of anilines is 1. The summed E-state index contributed by atoms with van der Waals surface area (Å²) in [6.07, 6.45) is 0. The number of benzene rings is 2. The van der Waals surface area contributed by atoms with Crippen LogP contribution in [0.2, 0.25) is 0 Å². The Morgan fingerprint density at radius 1 is 1.18 bits per heavy atom. The third-order valence-electron chi connectivity index (χ3n) is 3.38. The minimum atomic E-state index is -0.977. The van der Waals surface area contributed by atoms with Crippen molar-refractivity contribution in [2.75, 3.05) is 11.4 Å². The molecular formula is C17H17F2NO2. The van der Waals surface area contributed by atoms with E-state index in [1.165, 1.54) is 6.92 Å². The molecule has 1 atom stereocenters. The minimum Gasteiger partial charge on any atom is -0.481 e. The van der Waals surface area contributed by atoms with Crippen LogP contribution in [0.3, 0.4) is 0 Å². The Balaban J connectivity index is 2.32. The first-order valence-electron chi connectivity index (χ1n) is 6.94. The zero-order valence-corrected chi connectivity index (χ0v) is 12.2. The summed E-state index contributed by atoms with van der Waals surface area (Å²) in [6, 6.07) is 12.4. The van der Waals surface area contributed by atoms with Gasteiger partial charge in [0.1, 0.15) is 11.6 Å². The standard InChI is InChI=1S/C17H17F2NO2/c1-12(17(21)22)10-20(11-13-5-3-2-4-6-13)16-9-14(18)7-8-15(16)19/h2-9,12H,10-11H2,1H3,(H,21,22). The van der Waals surface area contributed by atoms with Crippen LogP contribution in [0, 0.1) is 17.6 Å². The van der Waals surface area contributed by atoms with E-state index < -0.39 is 23.5 Å². The highest BCUT2D eigenvalue weighted by Crippen LogP contribution is 2.23. The lowest BCUT2D eigenvalue weighted by atomic mass is 10.1. The first kappa shape index (κ1) is 15.9. The number of halogens is 2. The van der Waals surface area contributed by atoms with E-state index in [4.69, 9.17) is 5.11 Å². The van der Waals surface area contributed by atoms with E-state index in [1.54, 1.807) is 4.90 Å². The highest BCUT2D eigenvalue weighted by atomic mass is 19.1. The van der Waals surface area contributed by atoms with Crippen molar-refractivity contribution in [3.63, 3.8) is 0 Å². The molecular weight excluding hydrogens is 288 g/mol. The van der Waals surface area contributed by atoms with Crippen LogP contribution in [0.1, 0.15) is 12.5 Å². The van der Waals surface area contributed by atoms with Crippen molar-refractivity contribution in [2.24, 2.45) is 5.92 Å². The molecule has 0 aromatic heterocycles. The van der Waals surface area contributed by atoms with Gasteiger partial charge >= 0.3 is 5.97 Å². The van der Waals surface area contributed by atoms with E-state index in [9.17, 15) is 13.6 Å². The molecule has 1 unspecified atom stereocenters. The molecule has 0 radical (unpaired) electrons. The quantitative estimate of drug-likeness (QED) is 0.885. The number of rotatable bonds is 6. The highest BCUT2D eigenvalue weighted by Gasteiger charge is 2.19. The van der Waals surface area contributed by atoms with E-state index in [0.717, 1.165) is 23.8 Å². The van der Waals surface area contributed by atoms with E-state index >= 15 is 0 Å². The molecule has 2 rings (SSSR count). The fraction of sp³-hybridized carbons (Fsp3) is 0.235. The predicted octanol–water partition coefficient (Wildman–Crippen LogP) is 3.69. The molecule has 0 bridgehead atoms. The summed E-state index contributed by atoms with van der Waals surface area (Å²) in [5.74, 6) is -2.81. The molecule has 0 heterocycles. The lowest BCUT2D eigenvalue weighted by Crippen LogP contribution is -2.32. The molecule has 0 saturated carbocycles. The van der Waals surface area contributed by atoms with Crippen molar-refractivity contribution in [1.82, 2.24) is 0 Å². The Labute approximate surface area is 127 Å². The summed E-state index contributed by atoms with van der Waals surface area (Å²) in [5, 5.41) is 9.07. The van der Waals surface area contributed by atoms with Crippen LogP contribution < -0.4 is 4.90 Å². The Hall–Kier alpha value is -2.43. The molecule has 5 heteroatoms. The summed E-state index contributed by atoms with van der Waals surface area (Å²) >= 11 is 0. The SMILES string of the molecule is CC(CN(Cc1ccccc1)c1cc(F)ccc1F)C(=O)O. The minimum absolute atomic E-state index is 0.0666. The Kier molecular flexibility index (Phi) is 5.09. The Bertz CT molecular complexity index is 646. The average Bonchev–Trinajstić information content (AvgIpc) is 2.50. The van der Waals surface area contributed by atoms with Crippen molar-refractivity contribution in [3.8, 4) is 0 Å². The van der Waals surface area contributed by atoms with E-state index in [2.05, 4.69) is 0 Å². The molecule has 3 nitrogen and oxygen atoms in total. The fourth-order valence-corrected chi connectivity index (χ4v) is 2.19. The monoisotopic (exact) mass is 305 g/mol. The van der Waals surface area contributed by atoms with E-state index in [1.807, 2.05) is 30.3 Å². The van der Waals surface area contributed by atoms with Gasteiger partial charge in [-0.05, 0) is 17.7 Å². The van der Waals surface area contributed by atoms with Crippen LogP contribution in [-0.2, 0) is 11.3 Å². The van der Waals surface area contributed by atoms with Crippen molar-refractivity contribution >= 4 is 11.7 Å². The molecule has 0 aliphatic rings. The first-order valence-corrected chi connectivity index (χ1v) is 6.94. The van der Waals surface area contributed by atoms with Gasteiger partial charge in [-0.3, -0.25) is 4.79 Å². The Morgan fingerprint density at radius 3 is 2.50 bits per heavy atom. The van der Waals surface area contributed by atoms with Gasteiger partial charge in [0.25, 0.3) is 0 Å². The molecule has 0 aliphatic heterocycles.